The number of nitrogens with one attached hydrogen (secondary N) is 1. The third-order valence-electron chi connectivity index (χ3n) is 3.35. The van der Waals surface area contributed by atoms with Crippen LogP contribution in [0.3, 0.4) is 0 Å². The van der Waals surface area contributed by atoms with Gasteiger partial charge in [0.15, 0.2) is 0 Å². The van der Waals surface area contributed by atoms with E-state index in [0.717, 1.165) is 38.3 Å². The van der Waals surface area contributed by atoms with Crippen molar-refractivity contribution >= 4 is 5.91 Å². The summed E-state index contributed by atoms with van der Waals surface area (Å²) < 4.78 is 0. The topological polar surface area (TPSA) is 32.3 Å². The molecule has 0 aliphatic carbocycles. The Labute approximate surface area is 93.2 Å². The molecular formula is C12H24N2O. The minimum absolute atomic E-state index is 0.266. The van der Waals surface area contributed by atoms with Gasteiger partial charge in [-0.15, -0.1) is 0 Å². The summed E-state index contributed by atoms with van der Waals surface area (Å²) in [5, 5.41) is 3.25. The Morgan fingerprint density at radius 3 is 2.60 bits per heavy atom. The number of piperidine rings is 1. The first-order chi connectivity index (χ1) is 7.13. The fraction of sp³-hybridized carbons (Fsp3) is 0.917. The zero-order valence-electron chi connectivity index (χ0n) is 10.3. The molecule has 15 heavy (non-hydrogen) atoms. The van der Waals surface area contributed by atoms with Gasteiger partial charge in [-0.1, -0.05) is 13.8 Å². The van der Waals surface area contributed by atoms with Gasteiger partial charge in [0.2, 0.25) is 5.91 Å². The number of likely N-dealkylation sites (tertiary alicyclic amines) is 1. The summed E-state index contributed by atoms with van der Waals surface area (Å²) in [4.78, 5) is 13.8. The fourth-order valence-electron chi connectivity index (χ4n) is 1.78. The zero-order chi connectivity index (χ0) is 11.3. The highest BCUT2D eigenvalue weighted by Crippen LogP contribution is 2.15. The van der Waals surface area contributed by atoms with Crippen molar-refractivity contribution in [1.82, 2.24) is 10.2 Å². The van der Waals surface area contributed by atoms with Gasteiger partial charge < -0.3 is 10.2 Å². The minimum Gasteiger partial charge on any atom is -0.342 e. The van der Waals surface area contributed by atoms with Crippen LogP contribution in [-0.2, 0) is 4.79 Å². The molecule has 0 aromatic carbocycles. The lowest BCUT2D eigenvalue weighted by Crippen LogP contribution is -2.44. The molecule has 1 saturated heterocycles. The van der Waals surface area contributed by atoms with Crippen molar-refractivity contribution in [1.29, 1.82) is 0 Å². The van der Waals surface area contributed by atoms with Gasteiger partial charge in [-0.05, 0) is 32.1 Å². The Balaban J connectivity index is 2.22. The molecule has 0 saturated carbocycles. The van der Waals surface area contributed by atoms with Crippen molar-refractivity contribution in [2.24, 2.45) is 5.92 Å². The van der Waals surface area contributed by atoms with E-state index in [-0.39, 0.29) is 5.91 Å². The Hall–Kier alpha value is -0.570. The molecule has 3 nitrogen and oxygen atoms in total. The number of amides is 1. The lowest BCUT2D eigenvalue weighted by atomic mass is 9.99. The molecule has 1 amide bonds. The van der Waals surface area contributed by atoms with E-state index in [2.05, 4.69) is 26.1 Å². The van der Waals surface area contributed by atoms with Crippen LogP contribution in [0.15, 0.2) is 0 Å². The molecule has 0 bridgehead atoms. The van der Waals surface area contributed by atoms with Gasteiger partial charge in [0.25, 0.3) is 0 Å². The maximum absolute atomic E-state index is 11.8. The molecule has 1 rings (SSSR count). The van der Waals surface area contributed by atoms with Gasteiger partial charge in [-0.2, -0.15) is 0 Å². The van der Waals surface area contributed by atoms with Crippen LogP contribution in [0, 0.1) is 5.92 Å². The van der Waals surface area contributed by atoms with Crippen LogP contribution >= 0.6 is 0 Å². The molecule has 1 fully saturated rings. The van der Waals surface area contributed by atoms with Crippen molar-refractivity contribution in [3.05, 3.63) is 0 Å². The second-order valence-corrected chi connectivity index (χ2v) is 4.75. The molecule has 1 aliphatic rings. The molecule has 1 N–H and O–H groups in total. The van der Waals surface area contributed by atoms with Crippen molar-refractivity contribution in [2.75, 3.05) is 19.6 Å². The summed E-state index contributed by atoms with van der Waals surface area (Å²) in [6, 6.07) is 0.442. The third kappa shape index (κ3) is 4.20. The Kier molecular flexibility index (Phi) is 5.09. The zero-order valence-corrected chi connectivity index (χ0v) is 10.3. The maximum Gasteiger partial charge on any atom is 0.236 e. The van der Waals surface area contributed by atoms with Crippen LogP contribution in [0.25, 0.3) is 0 Å². The Morgan fingerprint density at radius 2 is 2.07 bits per heavy atom. The molecular weight excluding hydrogens is 188 g/mol. The largest absolute Gasteiger partial charge is 0.342 e. The van der Waals surface area contributed by atoms with Crippen molar-refractivity contribution < 1.29 is 4.79 Å². The molecule has 0 aromatic heterocycles. The summed E-state index contributed by atoms with van der Waals surface area (Å²) in [6.45, 7) is 8.91. The minimum atomic E-state index is 0.266. The van der Waals surface area contributed by atoms with Crippen LogP contribution in [0.2, 0.25) is 0 Å². The highest BCUT2D eigenvalue weighted by Gasteiger charge is 2.19. The third-order valence-corrected chi connectivity index (χ3v) is 3.35. The predicted molar refractivity (Wildman–Crippen MR) is 62.7 cm³/mol. The average molecular weight is 212 g/mol. The lowest BCUT2D eigenvalue weighted by Gasteiger charge is -2.30. The summed E-state index contributed by atoms with van der Waals surface area (Å²) in [5.74, 6) is 1.05. The van der Waals surface area contributed by atoms with Gasteiger partial charge >= 0.3 is 0 Å². The second kappa shape index (κ2) is 6.11. The first kappa shape index (κ1) is 12.5. The van der Waals surface area contributed by atoms with Crippen LogP contribution in [-0.4, -0.2) is 36.5 Å². The van der Waals surface area contributed by atoms with Gasteiger partial charge in [0.05, 0.1) is 6.54 Å². The molecule has 0 spiro atoms. The van der Waals surface area contributed by atoms with Gasteiger partial charge in [-0.25, -0.2) is 0 Å². The highest BCUT2D eigenvalue weighted by atomic mass is 16.2. The van der Waals surface area contributed by atoms with Gasteiger partial charge in [0, 0.05) is 19.1 Å². The smallest absolute Gasteiger partial charge is 0.236 e. The quantitative estimate of drug-likeness (QED) is 0.768. The van der Waals surface area contributed by atoms with E-state index < -0.39 is 0 Å². The van der Waals surface area contributed by atoms with E-state index in [0.29, 0.717) is 12.6 Å². The molecule has 88 valence electrons. The summed E-state index contributed by atoms with van der Waals surface area (Å²) >= 11 is 0. The van der Waals surface area contributed by atoms with Crippen LogP contribution in [0.5, 0.6) is 0 Å². The van der Waals surface area contributed by atoms with E-state index in [1.807, 2.05) is 4.90 Å². The molecule has 1 heterocycles. The Bertz CT molecular complexity index is 198. The normalized spacial score (nSPS) is 20.3. The summed E-state index contributed by atoms with van der Waals surface area (Å²) in [6.07, 6.45) is 3.40. The van der Waals surface area contributed by atoms with E-state index in [1.54, 1.807) is 0 Å². The van der Waals surface area contributed by atoms with E-state index in [9.17, 15) is 4.79 Å². The lowest BCUT2D eigenvalue weighted by molar-refractivity contribution is -0.131. The summed E-state index contributed by atoms with van der Waals surface area (Å²) in [5.41, 5.74) is 0. The number of nitrogens with zero attached hydrogens (tertiary/aromatic N) is 1. The average Bonchev–Trinajstić information content (AvgIpc) is 2.26. The van der Waals surface area contributed by atoms with Gasteiger partial charge in [0.1, 0.15) is 0 Å². The number of hydrogen-bond donors (Lipinski definition) is 1. The van der Waals surface area contributed by atoms with Crippen molar-refractivity contribution in [3.8, 4) is 0 Å². The maximum atomic E-state index is 11.8. The van der Waals surface area contributed by atoms with E-state index in [1.165, 1.54) is 0 Å². The van der Waals surface area contributed by atoms with Crippen LogP contribution < -0.4 is 5.32 Å². The molecule has 3 heteroatoms. The molecule has 1 atom stereocenters. The predicted octanol–water partition coefficient (Wildman–Crippen LogP) is 1.63. The number of carbonyl (C=O) groups excluding carboxylic acids is 1. The monoisotopic (exact) mass is 212 g/mol. The fourth-order valence-corrected chi connectivity index (χ4v) is 1.78. The first-order valence-corrected chi connectivity index (χ1v) is 6.14. The van der Waals surface area contributed by atoms with Crippen molar-refractivity contribution in [3.63, 3.8) is 0 Å². The number of carbonyl (C=O) groups is 1. The molecule has 0 radical (unpaired) electrons. The SMILES string of the molecule is CCC(C)NCC(=O)N1CCC(C)CC1. The van der Waals surface area contributed by atoms with Gasteiger partial charge in [-0.3, -0.25) is 4.79 Å². The number of rotatable bonds is 4. The standard InChI is InChI=1S/C12H24N2O/c1-4-11(3)13-9-12(15)14-7-5-10(2)6-8-14/h10-11,13H,4-9H2,1-3H3. The van der Waals surface area contributed by atoms with E-state index >= 15 is 0 Å². The molecule has 0 aromatic rings. The highest BCUT2D eigenvalue weighted by molar-refractivity contribution is 5.78. The Morgan fingerprint density at radius 1 is 1.47 bits per heavy atom. The van der Waals surface area contributed by atoms with Crippen molar-refractivity contribution in [2.45, 2.75) is 46.1 Å². The van der Waals surface area contributed by atoms with E-state index in [4.69, 9.17) is 0 Å². The van der Waals surface area contributed by atoms with Crippen LogP contribution in [0.4, 0.5) is 0 Å². The van der Waals surface area contributed by atoms with Crippen LogP contribution in [0.1, 0.15) is 40.0 Å². The second-order valence-electron chi connectivity index (χ2n) is 4.75. The summed E-state index contributed by atoms with van der Waals surface area (Å²) in [7, 11) is 0. The first-order valence-electron chi connectivity index (χ1n) is 6.14. The number of hydrogen-bond acceptors (Lipinski definition) is 2. The molecule has 1 aliphatic heterocycles. The molecule has 1 unspecified atom stereocenters.